The predicted octanol–water partition coefficient (Wildman–Crippen LogP) is 3.35. The first-order chi connectivity index (χ1) is 9.40. The van der Waals surface area contributed by atoms with Gasteiger partial charge in [-0.15, -0.1) is 12.4 Å². The van der Waals surface area contributed by atoms with Gasteiger partial charge in [-0.2, -0.15) is 0 Å². The van der Waals surface area contributed by atoms with Gasteiger partial charge in [0.25, 0.3) is 5.91 Å². The first-order valence-electron chi connectivity index (χ1n) is 6.59. The number of likely N-dealkylation sites (tertiary alicyclic amines) is 1. The van der Waals surface area contributed by atoms with Crippen molar-refractivity contribution < 1.29 is 13.6 Å². The van der Waals surface area contributed by atoms with Crippen LogP contribution < -0.4 is 5.73 Å². The fraction of sp³-hybridized carbons (Fsp3) is 0.500. The molecule has 1 aliphatic heterocycles. The maximum absolute atomic E-state index is 13.3. The van der Waals surface area contributed by atoms with Gasteiger partial charge in [0.2, 0.25) is 0 Å². The molecular formula is C14H18BrClF2N2O. The van der Waals surface area contributed by atoms with E-state index < -0.39 is 11.6 Å². The van der Waals surface area contributed by atoms with E-state index in [2.05, 4.69) is 15.9 Å². The molecule has 0 spiro atoms. The molecule has 1 aromatic rings. The maximum atomic E-state index is 13.3. The second-order valence-electron chi connectivity index (χ2n) is 5.23. The first-order valence-corrected chi connectivity index (χ1v) is 7.39. The number of nitrogens with zero attached hydrogens (tertiary/aromatic N) is 1. The fourth-order valence-corrected chi connectivity index (χ4v) is 2.97. The molecule has 1 amide bonds. The number of amides is 1. The van der Waals surface area contributed by atoms with Crippen LogP contribution >= 0.6 is 28.3 Å². The molecule has 1 atom stereocenters. The van der Waals surface area contributed by atoms with E-state index in [9.17, 15) is 13.6 Å². The topological polar surface area (TPSA) is 46.3 Å². The number of nitrogens with two attached hydrogens (primary N) is 1. The normalized spacial score (nSPS) is 17.3. The van der Waals surface area contributed by atoms with Gasteiger partial charge in [0.15, 0.2) is 11.6 Å². The quantitative estimate of drug-likeness (QED) is 0.796. The minimum Gasteiger partial charge on any atom is -0.339 e. The van der Waals surface area contributed by atoms with Crippen LogP contribution in [0.5, 0.6) is 0 Å². The Morgan fingerprint density at radius 3 is 2.38 bits per heavy atom. The van der Waals surface area contributed by atoms with Crippen molar-refractivity contribution in [2.75, 3.05) is 13.1 Å². The zero-order valence-corrected chi connectivity index (χ0v) is 14.0. The molecule has 2 N–H and O–H groups in total. The van der Waals surface area contributed by atoms with Gasteiger partial charge >= 0.3 is 0 Å². The van der Waals surface area contributed by atoms with E-state index in [4.69, 9.17) is 5.73 Å². The summed E-state index contributed by atoms with van der Waals surface area (Å²) >= 11 is 3.11. The Hall–Kier alpha value is -0.720. The average molecular weight is 384 g/mol. The molecule has 1 unspecified atom stereocenters. The number of hydrogen-bond acceptors (Lipinski definition) is 2. The molecule has 118 valence electrons. The zero-order chi connectivity index (χ0) is 14.9. The summed E-state index contributed by atoms with van der Waals surface area (Å²) in [4.78, 5) is 14.0. The van der Waals surface area contributed by atoms with Crippen molar-refractivity contribution in [3.8, 4) is 0 Å². The Morgan fingerprint density at radius 2 is 1.86 bits per heavy atom. The minimum atomic E-state index is -1.01. The molecule has 0 bridgehead atoms. The Morgan fingerprint density at radius 1 is 1.33 bits per heavy atom. The van der Waals surface area contributed by atoms with Crippen LogP contribution in [0, 0.1) is 17.6 Å². The number of benzene rings is 1. The van der Waals surface area contributed by atoms with Crippen LogP contribution in [0.25, 0.3) is 0 Å². The molecule has 1 aromatic carbocycles. The Balaban J connectivity index is 0.00000220. The summed E-state index contributed by atoms with van der Waals surface area (Å²) in [5.41, 5.74) is 6.01. The smallest absolute Gasteiger partial charge is 0.255 e. The van der Waals surface area contributed by atoms with Gasteiger partial charge in [0.1, 0.15) is 0 Å². The molecule has 7 heteroatoms. The van der Waals surface area contributed by atoms with Gasteiger partial charge in [-0.3, -0.25) is 4.79 Å². The SMILES string of the molecule is CC(N)C1CCN(C(=O)c2cc(F)c(F)cc2Br)CC1.Cl. The maximum Gasteiger partial charge on any atom is 0.255 e. The lowest BCUT2D eigenvalue weighted by Gasteiger charge is -2.34. The van der Waals surface area contributed by atoms with Gasteiger partial charge in [0, 0.05) is 23.6 Å². The number of carbonyl (C=O) groups excluding carboxylic acids is 1. The van der Waals surface area contributed by atoms with Crippen LogP contribution in [0.4, 0.5) is 8.78 Å². The molecule has 0 aliphatic carbocycles. The van der Waals surface area contributed by atoms with E-state index in [0.717, 1.165) is 25.0 Å². The Kier molecular flexibility index (Phi) is 6.56. The summed E-state index contributed by atoms with van der Waals surface area (Å²) in [7, 11) is 0. The molecule has 1 saturated heterocycles. The van der Waals surface area contributed by atoms with E-state index >= 15 is 0 Å². The molecule has 3 nitrogen and oxygen atoms in total. The highest BCUT2D eigenvalue weighted by atomic mass is 79.9. The third-order valence-electron chi connectivity index (χ3n) is 3.81. The molecule has 1 aliphatic rings. The lowest BCUT2D eigenvalue weighted by Crippen LogP contribution is -2.42. The van der Waals surface area contributed by atoms with Crippen LogP contribution in [-0.2, 0) is 0 Å². The number of carbonyl (C=O) groups is 1. The van der Waals surface area contributed by atoms with Crippen molar-refractivity contribution in [2.24, 2.45) is 11.7 Å². The largest absolute Gasteiger partial charge is 0.339 e. The fourth-order valence-electron chi connectivity index (χ4n) is 2.49. The lowest BCUT2D eigenvalue weighted by atomic mass is 9.90. The van der Waals surface area contributed by atoms with Crippen molar-refractivity contribution in [1.29, 1.82) is 0 Å². The summed E-state index contributed by atoms with van der Waals surface area (Å²) in [6.07, 6.45) is 1.68. The molecular weight excluding hydrogens is 366 g/mol. The number of rotatable bonds is 2. The zero-order valence-electron chi connectivity index (χ0n) is 11.6. The van der Waals surface area contributed by atoms with Crippen molar-refractivity contribution >= 4 is 34.2 Å². The first kappa shape index (κ1) is 18.3. The highest BCUT2D eigenvalue weighted by molar-refractivity contribution is 9.10. The standard InChI is InChI=1S/C14H17BrF2N2O.ClH/c1-8(18)9-2-4-19(5-3-9)14(20)10-6-12(16)13(17)7-11(10)15;/h6-9H,2-5,18H2,1H3;1H. The Bertz CT molecular complexity index is 520. The van der Waals surface area contributed by atoms with Gasteiger partial charge < -0.3 is 10.6 Å². The summed E-state index contributed by atoms with van der Waals surface area (Å²) in [6.45, 7) is 3.15. The predicted molar refractivity (Wildman–Crippen MR) is 83.6 cm³/mol. The molecule has 0 aromatic heterocycles. The molecule has 2 rings (SSSR count). The van der Waals surface area contributed by atoms with Crippen LogP contribution in [0.2, 0.25) is 0 Å². The second-order valence-corrected chi connectivity index (χ2v) is 6.09. The summed E-state index contributed by atoms with van der Waals surface area (Å²) < 4.78 is 26.6. The molecule has 21 heavy (non-hydrogen) atoms. The highest BCUT2D eigenvalue weighted by Gasteiger charge is 2.27. The molecule has 0 saturated carbocycles. The van der Waals surface area contributed by atoms with Gasteiger partial charge in [-0.1, -0.05) is 0 Å². The minimum absolute atomic E-state index is 0. The highest BCUT2D eigenvalue weighted by Crippen LogP contribution is 2.25. The van der Waals surface area contributed by atoms with Gasteiger partial charge in [0.05, 0.1) is 5.56 Å². The van der Waals surface area contributed by atoms with Gasteiger partial charge in [-0.05, 0) is 53.7 Å². The van der Waals surface area contributed by atoms with Crippen LogP contribution in [0.3, 0.4) is 0 Å². The second kappa shape index (κ2) is 7.51. The van der Waals surface area contributed by atoms with E-state index in [0.29, 0.717) is 19.0 Å². The van der Waals surface area contributed by atoms with E-state index in [1.807, 2.05) is 6.92 Å². The average Bonchev–Trinajstić information content (AvgIpc) is 2.42. The summed E-state index contributed by atoms with van der Waals surface area (Å²) in [5, 5.41) is 0. The van der Waals surface area contributed by atoms with Crippen LogP contribution in [0.1, 0.15) is 30.1 Å². The molecule has 0 radical (unpaired) electrons. The number of hydrogen-bond donors (Lipinski definition) is 1. The summed E-state index contributed by atoms with van der Waals surface area (Å²) in [5.74, 6) is -1.85. The van der Waals surface area contributed by atoms with Crippen molar-refractivity contribution in [1.82, 2.24) is 4.90 Å². The van der Waals surface area contributed by atoms with Crippen molar-refractivity contribution in [3.05, 3.63) is 33.8 Å². The number of halogens is 4. The lowest BCUT2D eigenvalue weighted by molar-refractivity contribution is 0.0679. The third kappa shape index (κ3) is 4.14. The third-order valence-corrected chi connectivity index (χ3v) is 4.47. The summed E-state index contributed by atoms with van der Waals surface area (Å²) in [6, 6.07) is 2.04. The Labute approximate surface area is 137 Å². The monoisotopic (exact) mass is 382 g/mol. The molecule has 1 heterocycles. The van der Waals surface area contributed by atoms with Crippen LogP contribution in [0.15, 0.2) is 16.6 Å². The van der Waals surface area contributed by atoms with Crippen LogP contribution in [-0.4, -0.2) is 29.9 Å². The molecule has 1 fully saturated rings. The van der Waals surface area contributed by atoms with E-state index in [-0.39, 0.29) is 34.4 Å². The van der Waals surface area contributed by atoms with Crippen molar-refractivity contribution in [2.45, 2.75) is 25.8 Å². The number of piperidine rings is 1. The van der Waals surface area contributed by atoms with E-state index in [1.165, 1.54) is 0 Å². The van der Waals surface area contributed by atoms with Gasteiger partial charge in [-0.25, -0.2) is 8.78 Å². The van der Waals surface area contributed by atoms with E-state index in [1.54, 1.807) is 4.90 Å². The van der Waals surface area contributed by atoms with Crippen molar-refractivity contribution in [3.63, 3.8) is 0 Å².